The van der Waals surface area contributed by atoms with Gasteiger partial charge in [-0.25, -0.2) is 5.43 Å². The van der Waals surface area contributed by atoms with Gasteiger partial charge in [-0.3, -0.25) is 9.59 Å². The fraction of sp³-hybridized carbons (Fsp3) is 0.115. The van der Waals surface area contributed by atoms with E-state index in [0.29, 0.717) is 13.1 Å². The molecule has 0 unspecified atom stereocenters. The summed E-state index contributed by atoms with van der Waals surface area (Å²) in [6, 6.07) is 15.6. The number of hydrazone groups is 1. The van der Waals surface area contributed by atoms with Crippen molar-refractivity contribution in [2.45, 2.75) is 6.42 Å². The van der Waals surface area contributed by atoms with Crippen molar-refractivity contribution in [3.63, 3.8) is 0 Å². The van der Waals surface area contributed by atoms with Gasteiger partial charge in [-0.2, -0.15) is 5.10 Å². The van der Waals surface area contributed by atoms with Crippen molar-refractivity contribution in [3.05, 3.63) is 102 Å². The Bertz CT molecular complexity index is 1230. The van der Waals surface area contributed by atoms with E-state index < -0.39 is 5.91 Å². The van der Waals surface area contributed by atoms with Crippen LogP contribution in [-0.4, -0.2) is 41.1 Å². The van der Waals surface area contributed by atoms with Crippen LogP contribution in [0.5, 0.6) is 5.75 Å². The molecule has 0 saturated heterocycles. The lowest BCUT2D eigenvalue weighted by atomic mass is 9.98. The number of halogens is 1. The third-order valence-electron chi connectivity index (χ3n) is 5.02. The molecule has 7 heteroatoms. The van der Waals surface area contributed by atoms with E-state index in [2.05, 4.69) is 23.7 Å². The zero-order chi connectivity index (χ0) is 23.8. The Balaban J connectivity index is 1.80. The van der Waals surface area contributed by atoms with Crippen LogP contribution in [-0.2, 0) is 11.2 Å². The summed E-state index contributed by atoms with van der Waals surface area (Å²) < 4.78 is 0. The molecule has 0 aliphatic heterocycles. The van der Waals surface area contributed by atoms with Crippen molar-refractivity contribution in [1.82, 2.24) is 10.3 Å². The van der Waals surface area contributed by atoms with E-state index in [1.807, 2.05) is 36.4 Å². The molecule has 2 amide bonds. The summed E-state index contributed by atoms with van der Waals surface area (Å²) >= 11 is 5.85. The van der Waals surface area contributed by atoms with Crippen LogP contribution in [0.1, 0.15) is 21.5 Å². The van der Waals surface area contributed by atoms with Gasteiger partial charge in [0.1, 0.15) is 5.75 Å². The van der Waals surface area contributed by atoms with Crippen molar-refractivity contribution in [2.75, 3.05) is 13.1 Å². The first kappa shape index (κ1) is 23.8. The number of phenolic OH excluding ortho intramolecular Hbond substituents is 1. The minimum Gasteiger partial charge on any atom is -0.506 e. The first-order valence-electron chi connectivity index (χ1n) is 10.3. The van der Waals surface area contributed by atoms with E-state index in [1.165, 1.54) is 18.2 Å². The molecule has 2 N–H and O–H groups in total. The lowest BCUT2D eigenvalue weighted by Gasteiger charge is -2.20. The van der Waals surface area contributed by atoms with Gasteiger partial charge in [-0.05, 0) is 34.5 Å². The summed E-state index contributed by atoms with van der Waals surface area (Å²) in [7, 11) is 0. The van der Waals surface area contributed by atoms with Gasteiger partial charge in [-0.1, -0.05) is 60.2 Å². The summed E-state index contributed by atoms with van der Waals surface area (Å²) in [5.74, 6) is -0.566. The second-order valence-corrected chi connectivity index (χ2v) is 7.68. The van der Waals surface area contributed by atoms with Gasteiger partial charge in [0, 0.05) is 24.2 Å². The highest BCUT2D eigenvalue weighted by Gasteiger charge is 2.14. The first-order valence-corrected chi connectivity index (χ1v) is 10.6. The number of fused-ring (bicyclic) bond motifs is 1. The van der Waals surface area contributed by atoms with Crippen molar-refractivity contribution >= 4 is 40.4 Å². The monoisotopic (exact) mass is 461 g/mol. The fourth-order valence-electron chi connectivity index (χ4n) is 3.39. The average Bonchev–Trinajstić information content (AvgIpc) is 2.81. The lowest BCUT2D eigenvalue weighted by molar-refractivity contribution is -0.129. The smallest absolute Gasteiger partial charge is 0.271 e. The number of carbonyl (C=O) groups excluding carboxylic acids is 2. The molecule has 3 aromatic carbocycles. The van der Waals surface area contributed by atoms with E-state index in [4.69, 9.17) is 11.6 Å². The first-order chi connectivity index (χ1) is 15.9. The maximum absolute atomic E-state index is 12.8. The number of nitrogens with one attached hydrogen (secondary N) is 1. The van der Waals surface area contributed by atoms with Gasteiger partial charge in [-0.15, -0.1) is 13.2 Å². The van der Waals surface area contributed by atoms with Crippen LogP contribution in [0, 0.1) is 0 Å². The molecule has 33 heavy (non-hydrogen) atoms. The number of hydrogen-bond acceptors (Lipinski definition) is 4. The molecule has 3 aromatic rings. The van der Waals surface area contributed by atoms with Gasteiger partial charge in [0.25, 0.3) is 5.91 Å². The molecule has 168 valence electrons. The Morgan fingerprint density at radius 3 is 2.39 bits per heavy atom. The molecule has 0 aliphatic carbocycles. The highest BCUT2D eigenvalue weighted by molar-refractivity contribution is 6.32. The molecule has 0 aromatic heterocycles. The largest absolute Gasteiger partial charge is 0.506 e. The summed E-state index contributed by atoms with van der Waals surface area (Å²) in [6.07, 6.45) is 5.19. The average molecular weight is 462 g/mol. The van der Waals surface area contributed by atoms with Gasteiger partial charge in [0.05, 0.1) is 17.7 Å². The van der Waals surface area contributed by atoms with Crippen molar-refractivity contribution < 1.29 is 14.7 Å². The number of aromatic hydroxyl groups is 1. The Kier molecular flexibility index (Phi) is 8.00. The van der Waals surface area contributed by atoms with Crippen LogP contribution < -0.4 is 5.43 Å². The normalized spacial score (nSPS) is 10.8. The summed E-state index contributed by atoms with van der Waals surface area (Å²) in [5.41, 5.74) is 4.42. The van der Waals surface area contributed by atoms with E-state index >= 15 is 0 Å². The Morgan fingerprint density at radius 2 is 1.73 bits per heavy atom. The molecule has 0 fully saturated rings. The standard InChI is InChI=1S/C26H24ClN3O3/c1-3-13-30(14-4-2)25(32)16-18-9-10-20(22-8-6-5-7-21(18)22)17-28-29-26(33)19-11-12-24(31)23(27)15-19/h3-12,15,17,31H,1-2,13-14,16H2,(H,29,33)/b28-17+. The number of rotatable bonds is 9. The van der Waals surface area contributed by atoms with Crippen LogP contribution in [0.2, 0.25) is 5.02 Å². The van der Waals surface area contributed by atoms with Gasteiger partial charge in [0.2, 0.25) is 5.91 Å². The maximum atomic E-state index is 12.8. The van der Waals surface area contributed by atoms with E-state index in [0.717, 1.165) is 21.9 Å². The van der Waals surface area contributed by atoms with Crippen LogP contribution in [0.15, 0.2) is 85.0 Å². The van der Waals surface area contributed by atoms with Gasteiger partial charge < -0.3 is 10.0 Å². The quantitative estimate of drug-likeness (QED) is 0.275. The molecule has 6 nitrogen and oxygen atoms in total. The molecule has 0 heterocycles. The molecule has 0 aliphatic rings. The topological polar surface area (TPSA) is 82.0 Å². The number of hydrogen-bond donors (Lipinski definition) is 2. The van der Waals surface area contributed by atoms with Crippen molar-refractivity contribution in [1.29, 1.82) is 0 Å². The number of amides is 2. The number of carbonyl (C=O) groups is 2. The summed E-state index contributed by atoms with van der Waals surface area (Å²) in [4.78, 5) is 26.8. The molecule has 0 radical (unpaired) electrons. The number of benzene rings is 3. The minimum absolute atomic E-state index is 0.0128. The van der Waals surface area contributed by atoms with Crippen LogP contribution in [0.25, 0.3) is 10.8 Å². The van der Waals surface area contributed by atoms with Crippen LogP contribution in [0.3, 0.4) is 0 Å². The Hall–Kier alpha value is -3.90. The number of phenols is 1. The van der Waals surface area contributed by atoms with Crippen LogP contribution in [0.4, 0.5) is 0 Å². The molecule has 0 atom stereocenters. The maximum Gasteiger partial charge on any atom is 0.271 e. The molecular weight excluding hydrogens is 438 g/mol. The van der Waals surface area contributed by atoms with Crippen LogP contribution >= 0.6 is 11.6 Å². The van der Waals surface area contributed by atoms with Gasteiger partial charge >= 0.3 is 0 Å². The molecular formula is C26H24ClN3O3. The highest BCUT2D eigenvalue weighted by atomic mass is 35.5. The van der Waals surface area contributed by atoms with Gasteiger partial charge in [0.15, 0.2) is 0 Å². The number of nitrogens with zero attached hydrogens (tertiary/aromatic N) is 2. The molecule has 0 bridgehead atoms. The third kappa shape index (κ3) is 5.87. The Morgan fingerprint density at radius 1 is 1.03 bits per heavy atom. The minimum atomic E-state index is -0.454. The summed E-state index contributed by atoms with van der Waals surface area (Å²) in [5, 5.41) is 15.5. The third-order valence-corrected chi connectivity index (χ3v) is 5.32. The SMILES string of the molecule is C=CCN(CC=C)C(=O)Cc1ccc(/C=N/NC(=O)c2ccc(O)c(Cl)c2)c2ccccc12. The predicted octanol–water partition coefficient (Wildman–Crippen LogP) is 4.71. The van der Waals surface area contributed by atoms with E-state index in [-0.39, 0.29) is 28.7 Å². The molecule has 0 spiro atoms. The predicted molar refractivity (Wildman–Crippen MR) is 133 cm³/mol. The molecule has 3 rings (SSSR count). The van der Waals surface area contributed by atoms with Crippen molar-refractivity contribution in [2.24, 2.45) is 5.10 Å². The zero-order valence-corrected chi connectivity index (χ0v) is 18.8. The van der Waals surface area contributed by atoms with Crippen molar-refractivity contribution in [3.8, 4) is 5.75 Å². The molecule has 0 saturated carbocycles. The van der Waals surface area contributed by atoms with E-state index in [9.17, 15) is 14.7 Å². The highest BCUT2D eigenvalue weighted by Crippen LogP contribution is 2.24. The lowest BCUT2D eigenvalue weighted by Crippen LogP contribution is -2.32. The summed E-state index contributed by atoms with van der Waals surface area (Å²) in [6.45, 7) is 8.34. The second kappa shape index (κ2) is 11.1. The Labute approximate surface area is 197 Å². The second-order valence-electron chi connectivity index (χ2n) is 7.28. The zero-order valence-electron chi connectivity index (χ0n) is 18.0. The van der Waals surface area contributed by atoms with E-state index in [1.54, 1.807) is 23.3 Å². The fourth-order valence-corrected chi connectivity index (χ4v) is 3.57.